The van der Waals surface area contributed by atoms with Gasteiger partial charge in [0.15, 0.2) is 0 Å². The Morgan fingerprint density at radius 3 is 2.48 bits per heavy atom. The van der Waals surface area contributed by atoms with Gasteiger partial charge in [0.1, 0.15) is 0 Å². The van der Waals surface area contributed by atoms with Gasteiger partial charge in [0.25, 0.3) is 0 Å². The van der Waals surface area contributed by atoms with Crippen molar-refractivity contribution in [3.63, 3.8) is 0 Å². The first-order valence-corrected chi connectivity index (χ1v) is 8.00. The topological polar surface area (TPSA) is 49.6 Å². The number of anilines is 1. The summed E-state index contributed by atoms with van der Waals surface area (Å²) < 4.78 is 0. The van der Waals surface area contributed by atoms with Crippen LogP contribution in [-0.4, -0.2) is 37.6 Å². The molecule has 1 aromatic carbocycles. The van der Waals surface area contributed by atoms with Crippen molar-refractivity contribution in [2.24, 2.45) is 5.73 Å². The first kappa shape index (κ1) is 14.4. The van der Waals surface area contributed by atoms with Gasteiger partial charge in [-0.3, -0.25) is 4.90 Å². The van der Waals surface area contributed by atoms with Crippen molar-refractivity contribution in [3.8, 4) is 0 Å². The van der Waals surface area contributed by atoms with Crippen molar-refractivity contribution in [3.05, 3.63) is 29.8 Å². The average Bonchev–Trinajstić information content (AvgIpc) is 2.87. The lowest BCUT2D eigenvalue weighted by atomic mass is 9.69. The van der Waals surface area contributed by atoms with Gasteiger partial charge in [-0.25, -0.2) is 4.79 Å². The zero-order valence-corrected chi connectivity index (χ0v) is 12.8. The van der Waals surface area contributed by atoms with Gasteiger partial charge in [-0.2, -0.15) is 0 Å². The van der Waals surface area contributed by atoms with E-state index in [1.165, 1.54) is 24.8 Å². The molecule has 1 aliphatic carbocycles. The zero-order valence-electron chi connectivity index (χ0n) is 12.8. The van der Waals surface area contributed by atoms with Crippen molar-refractivity contribution in [2.75, 3.05) is 31.6 Å². The van der Waals surface area contributed by atoms with Gasteiger partial charge in [-0.15, -0.1) is 0 Å². The molecule has 1 heterocycles. The Kier molecular flexibility index (Phi) is 3.89. The molecule has 0 radical (unpaired) electrons. The Balaban J connectivity index is 2.01. The number of urea groups is 1. The third kappa shape index (κ3) is 2.42. The average molecular weight is 287 g/mol. The Morgan fingerprint density at radius 2 is 1.86 bits per heavy atom. The Hall–Kier alpha value is -1.55. The molecule has 0 unspecified atom stereocenters. The standard InChI is InChI=1S/C17H25N3O/c1-19-11-12-20(16(19)21)15-8-4-3-7-14(15)17(13-18)9-5-2-6-10-17/h3-4,7-8H,2,5-6,9-13,18H2,1H3. The number of nitrogens with two attached hydrogens (primary N) is 1. The fraction of sp³-hybridized carbons (Fsp3) is 0.588. The molecule has 2 amide bonds. The molecule has 1 saturated carbocycles. The molecule has 4 heteroatoms. The number of nitrogens with zero attached hydrogens (tertiary/aromatic N) is 2. The molecular weight excluding hydrogens is 262 g/mol. The maximum absolute atomic E-state index is 12.4. The predicted octanol–water partition coefficient (Wildman–Crippen LogP) is 2.72. The second-order valence-electron chi connectivity index (χ2n) is 6.42. The molecule has 0 atom stereocenters. The minimum Gasteiger partial charge on any atom is -0.330 e. The van der Waals surface area contributed by atoms with E-state index in [1.807, 2.05) is 18.0 Å². The smallest absolute Gasteiger partial charge is 0.324 e. The van der Waals surface area contributed by atoms with Gasteiger partial charge in [-0.1, -0.05) is 37.5 Å². The van der Waals surface area contributed by atoms with Gasteiger partial charge in [-0.05, 0) is 24.5 Å². The van der Waals surface area contributed by atoms with Crippen LogP contribution in [0.2, 0.25) is 0 Å². The van der Waals surface area contributed by atoms with Gasteiger partial charge < -0.3 is 10.6 Å². The van der Waals surface area contributed by atoms with Crippen molar-refractivity contribution >= 4 is 11.7 Å². The lowest BCUT2D eigenvalue weighted by Gasteiger charge is -2.39. The highest BCUT2D eigenvalue weighted by Gasteiger charge is 2.37. The third-order valence-electron chi connectivity index (χ3n) is 5.18. The summed E-state index contributed by atoms with van der Waals surface area (Å²) in [4.78, 5) is 16.1. The maximum Gasteiger partial charge on any atom is 0.324 e. The van der Waals surface area contributed by atoms with E-state index in [4.69, 9.17) is 5.73 Å². The molecule has 2 fully saturated rings. The van der Waals surface area contributed by atoms with Crippen LogP contribution in [0.4, 0.5) is 10.5 Å². The van der Waals surface area contributed by atoms with Crippen molar-refractivity contribution < 1.29 is 4.79 Å². The molecule has 1 saturated heterocycles. The summed E-state index contributed by atoms with van der Waals surface area (Å²) >= 11 is 0. The molecule has 1 aliphatic heterocycles. The van der Waals surface area contributed by atoms with E-state index < -0.39 is 0 Å². The number of carbonyl (C=O) groups is 1. The van der Waals surface area contributed by atoms with E-state index in [0.29, 0.717) is 6.54 Å². The molecule has 2 aliphatic rings. The van der Waals surface area contributed by atoms with E-state index in [1.54, 1.807) is 4.90 Å². The van der Waals surface area contributed by atoms with Crippen molar-refractivity contribution in [1.82, 2.24) is 4.90 Å². The number of likely N-dealkylation sites (N-methyl/N-ethyl adjacent to an activating group) is 1. The molecule has 1 aromatic rings. The molecular formula is C17H25N3O. The lowest BCUT2D eigenvalue weighted by molar-refractivity contribution is 0.229. The van der Waals surface area contributed by atoms with Gasteiger partial charge in [0.05, 0.1) is 0 Å². The first-order chi connectivity index (χ1) is 10.2. The summed E-state index contributed by atoms with van der Waals surface area (Å²) in [6.07, 6.45) is 6.05. The molecule has 0 bridgehead atoms. The monoisotopic (exact) mass is 287 g/mol. The molecule has 21 heavy (non-hydrogen) atoms. The van der Waals surface area contributed by atoms with Crippen LogP contribution in [0.25, 0.3) is 0 Å². The van der Waals surface area contributed by atoms with Crippen LogP contribution in [0.5, 0.6) is 0 Å². The molecule has 114 valence electrons. The van der Waals surface area contributed by atoms with Gasteiger partial charge in [0.2, 0.25) is 0 Å². The summed E-state index contributed by atoms with van der Waals surface area (Å²) in [6, 6.07) is 8.47. The molecule has 0 spiro atoms. The van der Waals surface area contributed by atoms with E-state index >= 15 is 0 Å². The van der Waals surface area contributed by atoms with Gasteiger partial charge in [0, 0.05) is 37.8 Å². The van der Waals surface area contributed by atoms with Crippen LogP contribution >= 0.6 is 0 Å². The number of benzene rings is 1. The normalized spacial score (nSPS) is 21.9. The Morgan fingerprint density at radius 1 is 1.14 bits per heavy atom. The van der Waals surface area contributed by atoms with Gasteiger partial charge >= 0.3 is 6.03 Å². The van der Waals surface area contributed by atoms with Crippen LogP contribution in [0, 0.1) is 0 Å². The third-order valence-corrected chi connectivity index (χ3v) is 5.18. The van der Waals surface area contributed by atoms with E-state index in [0.717, 1.165) is 31.6 Å². The summed E-state index contributed by atoms with van der Waals surface area (Å²) in [5.41, 5.74) is 8.58. The minimum atomic E-state index is 0.0519. The first-order valence-electron chi connectivity index (χ1n) is 8.00. The molecule has 0 aromatic heterocycles. The van der Waals surface area contributed by atoms with E-state index in [-0.39, 0.29) is 11.4 Å². The second kappa shape index (κ2) is 5.68. The second-order valence-corrected chi connectivity index (χ2v) is 6.42. The maximum atomic E-state index is 12.4. The summed E-state index contributed by atoms with van der Waals surface area (Å²) in [7, 11) is 1.87. The Bertz CT molecular complexity index is 523. The largest absolute Gasteiger partial charge is 0.330 e. The number of carbonyl (C=O) groups excluding carboxylic acids is 1. The summed E-state index contributed by atoms with van der Waals surface area (Å²) in [5, 5.41) is 0. The molecule has 2 N–H and O–H groups in total. The van der Waals surface area contributed by atoms with E-state index in [9.17, 15) is 4.79 Å². The van der Waals surface area contributed by atoms with Crippen LogP contribution < -0.4 is 10.6 Å². The quantitative estimate of drug-likeness (QED) is 0.929. The van der Waals surface area contributed by atoms with Crippen LogP contribution in [-0.2, 0) is 5.41 Å². The SMILES string of the molecule is CN1CCN(c2ccccc2C2(CN)CCCCC2)C1=O. The lowest BCUT2D eigenvalue weighted by Crippen LogP contribution is -2.39. The van der Waals surface area contributed by atoms with Crippen LogP contribution in [0.3, 0.4) is 0 Å². The number of amides is 2. The van der Waals surface area contributed by atoms with Crippen LogP contribution in [0.1, 0.15) is 37.7 Å². The van der Waals surface area contributed by atoms with E-state index in [2.05, 4.69) is 18.2 Å². The fourth-order valence-corrected chi connectivity index (χ4v) is 3.84. The minimum absolute atomic E-state index is 0.0519. The molecule has 4 nitrogen and oxygen atoms in total. The van der Waals surface area contributed by atoms with Crippen molar-refractivity contribution in [1.29, 1.82) is 0 Å². The predicted molar refractivity (Wildman–Crippen MR) is 85.6 cm³/mol. The van der Waals surface area contributed by atoms with Crippen molar-refractivity contribution in [2.45, 2.75) is 37.5 Å². The summed E-state index contributed by atoms with van der Waals surface area (Å²) in [6.45, 7) is 2.23. The summed E-state index contributed by atoms with van der Waals surface area (Å²) in [5.74, 6) is 0. The number of hydrogen-bond donors (Lipinski definition) is 1. The molecule has 3 rings (SSSR count). The van der Waals surface area contributed by atoms with Crippen LogP contribution in [0.15, 0.2) is 24.3 Å². The number of rotatable bonds is 3. The highest BCUT2D eigenvalue weighted by atomic mass is 16.2. The highest BCUT2D eigenvalue weighted by Crippen LogP contribution is 2.43. The Labute approximate surface area is 126 Å². The fourth-order valence-electron chi connectivity index (χ4n) is 3.84. The number of para-hydroxylation sites is 1. The highest BCUT2D eigenvalue weighted by molar-refractivity contribution is 5.95. The zero-order chi connectivity index (χ0) is 14.9. The number of hydrogen-bond acceptors (Lipinski definition) is 2.